The van der Waals surface area contributed by atoms with Crippen molar-refractivity contribution in [2.75, 3.05) is 5.73 Å². The third-order valence-electron chi connectivity index (χ3n) is 3.41. The van der Waals surface area contributed by atoms with E-state index < -0.39 is 0 Å². The number of hydrogen-bond acceptors (Lipinski definition) is 2. The van der Waals surface area contributed by atoms with E-state index in [4.69, 9.17) is 5.73 Å². The molecule has 0 radical (unpaired) electrons. The molecule has 0 spiro atoms. The van der Waals surface area contributed by atoms with Gasteiger partial charge in [0.25, 0.3) is 0 Å². The van der Waals surface area contributed by atoms with Crippen LogP contribution in [0.15, 0.2) is 41.2 Å². The molecule has 0 fully saturated rings. The summed E-state index contributed by atoms with van der Waals surface area (Å²) in [4.78, 5) is 2.40. The molecule has 0 saturated carbocycles. The molecule has 0 atom stereocenters. The highest BCUT2D eigenvalue weighted by atomic mass is 32.2. The van der Waals surface area contributed by atoms with Crippen molar-refractivity contribution in [1.82, 2.24) is 0 Å². The average molecular weight is 301 g/mol. The Bertz CT molecular complexity index is 553. The van der Waals surface area contributed by atoms with E-state index in [1.54, 1.807) is 11.8 Å². The van der Waals surface area contributed by atoms with Gasteiger partial charge in [0.05, 0.1) is 0 Å². The standard InChI is InChI=1S/C19H27NS/c1-7-9-15(6)21-17(8-2)11-16-12-18(13(3)4)14(5)10-19(16)20/h7,10-13H,1,6,8-9,20H2,2-5H3/b17-11-. The first-order valence-electron chi connectivity index (χ1n) is 7.46. The van der Waals surface area contributed by atoms with Gasteiger partial charge in [-0.3, -0.25) is 0 Å². The molecule has 0 aliphatic rings. The lowest BCUT2D eigenvalue weighted by molar-refractivity contribution is 0.856. The van der Waals surface area contributed by atoms with Crippen LogP contribution in [0, 0.1) is 6.92 Å². The number of rotatable bonds is 7. The molecule has 0 saturated heterocycles. The summed E-state index contributed by atoms with van der Waals surface area (Å²) >= 11 is 1.73. The van der Waals surface area contributed by atoms with Crippen LogP contribution in [0.1, 0.15) is 56.2 Å². The Morgan fingerprint density at radius 3 is 2.57 bits per heavy atom. The molecule has 2 heteroatoms. The van der Waals surface area contributed by atoms with Crippen molar-refractivity contribution in [3.05, 3.63) is 57.9 Å². The quantitative estimate of drug-likeness (QED) is 0.474. The van der Waals surface area contributed by atoms with E-state index in [1.807, 2.05) is 6.08 Å². The minimum absolute atomic E-state index is 0.506. The maximum absolute atomic E-state index is 6.19. The van der Waals surface area contributed by atoms with Crippen molar-refractivity contribution >= 4 is 23.5 Å². The van der Waals surface area contributed by atoms with E-state index in [2.05, 4.69) is 59.1 Å². The Morgan fingerprint density at radius 2 is 2.05 bits per heavy atom. The summed E-state index contributed by atoms with van der Waals surface area (Å²) in [5.41, 5.74) is 10.8. The van der Waals surface area contributed by atoms with Crippen LogP contribution in [0.4, 0.5) is 5.69 Å². The van der Waals surface area contributed by atoms with Gasteiger partial charge >= 0.3 is 0 Å². The van der Waals surface area contributed by atoms with Crippen LogP contribution in [-0.4, -0.2) is 0 Å². The van der Waals surface area contributed by atoms with Crippen LogP contribution in [0.5, 0.6) is 0 Å². The van der Waals surface area contributed by atoms with Crippen molar-refractivity contribution < 1.29 is 0 Å². The summed E-state index contributed by atoms with van der Waals surface area (Å²) in [7, 11) is 0. The molecule has 1 rings (SSSR count). The van der Waals surface area contributed by atoms with E-state index in [9.17, 15) is 0 Å². The van der Waals surface area contributed by atoms with E-state index >= 15 is 0 Å². The van der Waals surface area contributed by atoms with Gasteiger partial charge in [0.15, 0.2) is 0 Å². The molecule has 114 valence electrons. The number of hydrogen-bond donors (Lipinski definition) is 1. The number of thioether (sulfide) groups is 1. The van der Waals surface area contributed by atoms with Crippen LogP contribution in [0.25, 0.3) is 6.08 Å². The van der Waals surface area contributed by atoms with E-state index in [-0.39, 0.29) is 0 Å². The number of aryl methyl sites for hydroxylation is 1. The number of nitrogens with two attached hydrogens (primary N) is 1. The first-order chi connectivity index (χ1) is 9.88. The molecule has 1 nitrogen and oxygen atoms in total. The summed E-state index contributed by atoms with van der Waals surface area (Å²) in [6.45, 7) is 16.6. The van der Waals surface area contributed by atoms with Crippen LogP contribution in [0.2, 0.25) is 0 Å². The van der Waals surface area contributed by atoms with Crippen molar-refractivity contribution in [2.45, 2.75) is 46.5 Å². The number of benzene rings is 1. The van der Waals surface area contributed by atoms with Gasteiger partial charge in [-0.2, -0.15) is 0 Å². The molecule has 0 aliphatic carbocycles. The SMILES string of the molecule is C=CCC(=C)S/C(=C\c1cc(C(C)C)c(C)cc1N)CC. The third-order valence-corrected chi connectivity index (χ3v) is 4.53. The fraction of sp³-hybridized carbons (Fsp3) is 0.368. The zero-order valence-corrected chi connectivity index (χ0v) is 14.5. The third kappa shape index (κ3) is 5.13. The van der Waals surface area contributed by atoms with Crippen LogP contribution < -0.4 is 5.73 Å². The zero-order valence-electron chi connectivity index (χ0n) is 13.7. The number of allylic oxidation sites excluding steroid dienone is 3. The predicted octanol–water partition coefficient (Wildman–Crippen LogP) is 6.27. The van der Waals surface area contributed by atoms with Crippen molar-refractivity contribution in [3.63, 3.8) is 0 Å². The Hall–Kier alpha value is -1.41. The average Bonchev–Trinajstić information content (AvgIpc) is 2.40. The second kappa shape index (κ2) is 8.14. The lowest BCUT2D eigenvalue weighted by atomic mass is 9.94. The highest BCUT2D eigenvalue weighted by Gasteiger charge is 2.08. The van der Waals surface area contributed by atoms with Gasteiger partial charge < -0.3 is 5.73 Å². The number of nitrogen functional groups attached to an aromatic ring is 1. The largest absolute Gasteiger partial charge is 0.398 e. The van der Waals surface area contributed by atoms with Crippen LogP contribution >= 0.6 is 11.8 Å². The fourth-order valence-electron chi connectivity index (χ4n) is 2.28. The fourth-order valence-corrected chi connectivity index (χ4v) is 3.18. The Morgan fingerprint density at radius 1 is 1.38 bits per heavy atom. The minimum atomic E-state index is 0.506. The Balaban J connectivity index is 3.13. The molecule has 2 N–H and O–H groups in total. The van der Waals surface area contributed by atoms with Crippen LogP contribution in [0.3, 0.4) is 0 Å². The molecular weight excluding hydrogens is 274 g/mol. The molecule has 0 aromatic heterocycles. The van der Waals surface area contributed by atoms with Gasteiger partial charge in [-0.25, -0.2) is 0 Å². The summed E-state index contributed by atoms with van der Waals surface area (Å²) < 4.78 is 0. The van der Waals surface area contributed by atoms with Gasteiger partial charge in [0.2, 0.25) is 0 Å². The van der Waals surface area contributed by atoms with E-state index in [0.717, 1.165) is 29.0 Å². The zero-order chi connectivity index (χ0) is 16.0. The van der Waals surface area contributed by atoms with E-state index in [0.29, 0.717) is 5.92 Å². The molecule has 1 aromatic carbocycles. The van der Waals surface area contributed by atoms with E-state index in [1.165, 1.54) is 16.0 Å². The summed E-state index contributed by atoms with van der Waals surface area (Å²) in [6.07, 6.45) is 5.90. The number of anilines is 1. The Labute approximate surface area is 134 Å². The minimum Gasteiger partial charge on any atom is -0.398 e. The lowest BCUT2D eigenvalue weighted by Gasteiger charge is -2.14. The molecule has 0 bridgehead atoms. The van der Waals surface area contributed by atoms with Crippen molar-refractivity contribution in [3.8, 4) is 0 Å². The highest BCUT2D eigenvalue weighted by molar-refractivity contribution is 8.06. The maximum atomic E-state index is 6.19. The lowest BCUT2D eigenvalue weighted by Crippen LogP contribution is -1.98. The highest BCUT2D eigenvalue weighted by Crippen LogP contribution is 2.33. The van der Waals surface area contributed by atoms with Gasteiger partial charge in [0.1, 0.15) is 0 Å². The predicted molar refractivity (Wildman–Crippen MR) is 99.5 cm³/mol. The topological polar surface area (TPSA) is 26.0 Å². The normalized spacial score (nSPS) is 11.8. The Kier molecular flexibility index (Phi) is 6.83. The second-order valence-electron chi connectivity index (χ2n) is 5.59. The molecule has 0 heterocycles. The maximum Gasteiger partial charge on any atom is 0.0390 e. The summed E-state index contributed by atoms with van der Waals surface area (Å²) in [5, 5.41) is 0. The summed E-state index contributed by atoms with van der Waals surface area (Å²) in [6, 6.07) is 4.31. The summed E-state index contributed by atoms with van der Waals surface area (Å²) in [5.74, 6) is 0.506. The first-order valence-corrected chi connectivity index (χ1v) is 8.27. The molecule has 0 amide bonds. The molecule has 0 unspecified atom stereocenters. The first kappa shape index (κ1) is 17.6. The van der Waals surface area contributed by atoms with Gasteiger partial charge in [0, 0.05) is 5.69 Å². The molecule has 21 heavy (non-hydrogen) atoms. The van der Waals surface area contributed by atoms with Crippen LogP contribution in [-0.2, 0) is 0 Å². The molecule has 0 aliphatic heterocycles. The molecular formula is C19H27NS. The van der Waals surface area contributed by atoms with Gasteiger partial charge in [-0.05, 0) is 70.4 Å². The van der Waals surface area contributed by atoms with Crippen molar-refractivity contribution in [1.29, 1.82) is 0 Å². The van der Waals surface area contributed by atoms with Gasteiger partial charge in [-0.1, -0.05) is 45.2 Å². The second-order valence-corrected chi connectivity index (χ2v) is 6.90. The van der Waals surface area contributed by atoms with Gasteiger partial charge in [-0.15, -0.1) is 6.58 Å². The monoisotopic (exact) mass is 301 g/mol. The smallest absolute Gasteiger partial charge is 0.0390 e. The van der Waals surface area contributed by atoms with Crippen molar-refractivity contribution in [2.24, 2.45) is 0 Å². The molecule has 1 aromatic rings.